The third-order valence-corrected chi connectivity index (χ3v) is 4.53. The van der Waals surface area contributed by atoms with Gasteiger partial charge in [-0.1, -0.05) is 51.8 Å². The van der Waals surface area contributed by atoms with Crippen LogP contribution >= 0.6 is 27.5 Å². The fraction of sp³-hybridized carbons (Fsp3) is 0.250. The highest BCUT2D eigenvalue weighted by atomic mass is 79.9. The molecule has 18 heavy (non-hydrogen) atoms. The fourth-order valence-corrected chi connectivity index (χ4v) is 2.83. The number of aryl methyl sites for hydroxylation is 3. The standard InChI is InChI=1S/C16H16BrCl/c1-10-4-6-13(7-5-10)16(18)14-8-12(3)15(17)9-11(14)2/h4-9,16H,1-3H3. The van der Waals surface area contributed by atoms with Crippen molar-refractivity contribution in [3.05, 3.63) is 68.7 Å². The number of hydrogen-bond donors (Lipinski definition) is 0. The molecule has 0 saturated heterocycles. The molecule has 1 atom stereocenters. The summed E-state index contributed by atoms with van der Waals surface area (Å²) in [6.45, 7) is 6.27. The van der Waals surface area contributed by atoms with Crippen molar-refractivity contribution in [1.29, 1.82) is 0 Å². The SMILES string of the molecule is Cc1ccc(C(Cl)c2cc(C)c(Br)cc2C)cc1. The lowest BCUT2D eigenvalue weighted by Crippen LogP contribution is -1.97. The van der Waals surface area contributed by atoms with E-state index in [2.05, 4.69) is 73.1 Å². The van der Waals surface area contributed by atoms with Crippen LogP contribution in [-0.4, -0.2) is 0 Å². The molecule has 2 heteroatoms. The molecule has 0 amide bonds. The van der Waals surface area contributed by atoms with Gasteiger partial charge in [-0.25, -0.2) is 0 Å². The third-order valence-electron chi connectivity index (χ3n) is 3.19. The van der Waals surface area contributed by atoms with Crippen LogP contribution in [0.25, 0.3) is 0 Å². The highest BCUT2D eigenvalue weighted by Crippen LogP contribution is 2.33. The van der Waals surface area contributed by atoms with Crippen LogP contribution in [0.1, 0.15) is 33.2 Å². The summed E-state index contributed by atoms with van der Waals surface area (Å²) in [5.74, 6) is 0. The van der Waals surface area contributed by atoms with Gasteiger partial charge >= 0.3 is 0 Å². The molecule has 0 saturated carbocycles. The van der Waals surface area contributed by atoms with Crippen molar-refractivity contribution < 1.29 is 0 Å². The van der Waals surface area contributed by atoms with E-state index in [4.69, 9.17) is 11.6 Å². The van der Waals surface area contributed by atoms with Crippen molar-refractivity contribution in [3.8, 4) is 0 Å². The van der Waals surface area contributed by atoms with Gasteiger partial charge in [-0.2, -0.15) is 0 Å². The summed E-state index contributed by atoms with van der Waals surface area (Å²) in [6.07, 6.45) is 0. The summed E-state index contributed by atoms with van der Waals surface area (Å²) >= 11 is 10.2. The zero-order chi connectivity index (χ0) is 13.3. The maximum absolute atomic E-state index is 6.60. The van der Waals surface area contributed by atoms with Crippen molar-refractivity contribution in [2.24, 2.45) is 0 Å². The van der Waals surface area contributed by atoms with E-state index in [0.29, 0.717) is 0 Å². The Kier molecular flexibility index (Phi) is 4.14. The normalized spacial score (nSPS) is 12.5. The van der Waals surface area contributed by atoms with Crippen molar-refractivity contribution >= 4 is 27.5 Å². The lowest BCUT2D eigenvalue weighted by Gasteiger charge is -2.15. The first-order chi connectivity index (χ1) is 8.49. The number of alkyl halides is 1. The van der Waals surface area contributed by atoms with E-state index in [9.17, 15) is 0 Å². The van der Waals surface area contributed by atoms with Crippen molar-refractivity contribution in [2.45, 2.75) is 26.1 Å². The molecule has 1 unspecified atom stereocenters. The molecule has 0 fully saturated rings. The Morgan fingerprint density at radius 2 is 1.56 bits per heavy atom. The molecule has 0 nitrogen and oxygen atoms in total. The Balaban J connectivity index is 2.42. The van der Waals surface area contributed by atoms with Gasteiger partial charge in [0, 0.05) is 4.47 Å². The number of halogens is 2. The highest BCUT2D eigenvalue weighted by Gasteiger charge is 2.14. The monoisotopic (exact) mass is 322 g/mol. The molecule has 0 spiro atoms. The predicted octanol–water partition coefficient (Wildman–Crippen LogP) is 5.70. The first kappa shape index (κ1) is 13.6. The summed E-state index contributed by atoms with van der Waals surface area (Å²) < 4.78 is 1.14. The van der Waals surface area contributed by atoms with Crippen LogP contribution in [-0.2, 0) is 0 Å². The first-order valence-corrected chi connectivity index (χ1v) is 7.19. The van der Waals surface area contributed by atoms with E-state index in [0.717, 1.165) is 10.0 Å². The minimum atomic E-state index is -0.0857. The van der Waals surface area contributed by atoms with Gasteiger partial charge in [0.05, 0.1) is 5.38 Å². The van der Waals surface area contributed by atoms with E-state index in [1.54, 1.807) is 0 Å². The van der Waals surface area contributed by atoms with Crippen molar-refractivity contribution in [2.75, 3.05) is 0 Å². The van der Waals surface area contributed by atoms with Gasteiger partial charge in [0.25, 0.3) is 0 Å². The van der Waals surface area contributed by atoms with E-state index in [1.165, 1.54) is 22.3 Å². The molecule has 0 aliphatic rings. The van der Waals surface area contributed by atoms with Gasteiger partial charge in [0.1, 0.15) is 0 Å². The Bertz CT molecular complexity index is 558. The Morgan fingerprint density at radius 3 is 2.17 bits per heavy atom. The zero-order valence-corrected chi connectivity index (χ0v) is 13.1. The molecule has 0 heterocycles. The molecular weight excluding hydrogens is 308 g/mol. The lowest BCUT2D eigenvalue weighted by atomic mass is 9.97. The number of hydrogen-bond acceptors (Lipinski definition) is 0. The summed E-state index contributed by atoms with van der Waals surface area (Å²) in [6, 6.07) is 12.7. The lowest BCUT2D eigenvalue weighted by molar-refractivity contribution is 1.10. The average molecular weight is 324 g/mol. The van der Waals surface area contributed by atoms with Crippen LogP contribution in [0, 0.1) is 20.8 Å². The van der Waals surface area contributed by atoms with Crippen molar-refractivity contribution in [1.82, 2.24) is 0 Å². The fourth-order valence-electron chi connectivity index (χ4n) is 1.99. The third kappa shape index (κ3) is 2.78. The second-order valence-electron chi connectivity index (χ2n) is 4.73. The molecule has 94 valence electrons. The highest BCUT2D eigenvalue weighted by molar-refractivity contribution is 9.10. The number of benzene rings is 2. The molecule has 0 N–H and O–H groups in total. The molecule has 0 aliphatic carbocycles. The second-order valence-corrected chi connectivity index (χ2v) is 6.02. The topological polar surface area (TPSA) is 0 Å². The van der Waals surface area contributed by atoms with Crippen LogP contribution in [0.15, 0.2) is 40.9 Å². The Hall–Kier alpha value is -0.790. The Morgan fingerprint density at radius 1 is 0.944 bits per heavy atom. The second kappa shape index (κ2) is 5.46. The average Bonchev–Trinajstić information content (AvgIpc) is 2.34. The largest absolute Gasteiger partial charge is 0.113 e. The van der Waals surface area contributed by atoms with Gasteiger partial charge in [-0.3, -0.25) is 0 Å². The Labute approximate surface area is 122 Å². The minimum absolute atomic E-state index is 0.0857. The number of rotatable bonds is 2. The van der Waals surface area contributed by atoms with Crippen LogP contribution in [0.3, 0.4) is 0 Å². The van der Waals surface area contributed by atoms with Crippen molar-refractivity contribution in [3.63, 3.8) is 0 Å². The molecule has 0 radical (unpaired) electrons. The molecule has 0 bridgehead atoms. The molecule has 0 aromatic heterocycles. The summed E-state index contributed by atoms with van der Waals surface area (Å²) in [5.41, 5.74) is 6.01. The molecular formula is C16H16BrCl. The molecule has 2 aromatic carbocycles. The quantitative estimate of drug-likeness (QED) is 0.622. The summed E-state index contributed by atoms with van der Waals surface area (Å²) in [7, 11) is 0. The minimum Gasteiger partial charge on any atom is -0.113 e. The van der Waals surface area contributed by atoms with Gasteiger partial charge in [-0.05, 0) is 49.1 Å². The molecule has 2 rings (SSSR count). The van der Waals surface area contributed by atoms with Crippen LogP contribution in [0.5, 0.6) is 0 Å². The van der Waals surface area contributed by atoms with Crippen LogP contribution in [0.4, 0.5) is 0 Å². The van der Waals surface area contributed by atoms with E-state index in [-0.39, 0.29) is 5.38 Å². The molecule has 2 aromatic rings. The van der Waals surface area contributed by atoms with Crippen LogP contribution < -0.4 is 0 Å². The maximum atomic E-state index is 6.60. The predicted molar refractivity (Wildman–Crippen MR) is 82.5 cm³/mol. The van der Waals surface area contributed by atoms with E-state index >= 15 is 0 Å². The van der Waals surface area contributed by atoms with Gasteiger partial charge < -0.3 is 0 Å². The van der Waals surface area contributed by atoms with Gasteiger partial charge in [0.15, 0.2) is 0 Å². The smallest absolute Gasteiger partial charge is 0.0838 e. The molecule has 0 aliphatic heterocycles. The summed E-state index contributed by atoms with van der Waals surface area (Å²) in [5, 5.41) is -0.0857. The van der Waals surface area contributed by atoms with E-state index < -0.39 is 0 Å². The zero-order valence-electron chi connectivity index (χ0n) is 10.8. The summed E-state index contributed by atoms with van der Waals surface area (Å²) in [4.78, 5) is 0. The first-order valence-electron chi connectivity index (χ1n) is 5.96. The van der Waals surface area contributed by atoms with Gasteiger partial charge in [-0.15, -0.1) is 11.6 Å². The van der Waals surface area contributed by atoms with Crippen LogP contribution in [0.2, 0.25) is 0 Å². The maximum Gasteiger partial charge on any atom is 0.0838 e. The van der Waals surface area contributed by atoms with Gasteiger partial charge in [0.2, 0.25) is 0 Å². The van der Waals surface area contributed by atoms with E-state index in [1.807, 2.05) is 0 Å².